The van der Waals surface area contributed by atoms with E-state index in [1.165, 1.54) is 15.9 Å². The van der Waals surface area contributed by atoms with Gasteiger partial charge in [-0.3, -0.25) is 4.90 Å². The van der Waals surface area contributed by atoms with Crippen molar-refractivity contribution in [1.29, 1.82) is 0 Å². The highest BCUT2D eigenvalue weighted by molar-refractivity contribution is 7.89. The molecule has 0 radical (unpaired) electrons. The summed E-state index contributed by atoms with van der Waals surface area (Å²) >= 11 is 12.1. The topological polar surface area (TPSA) is 58.4 Å². The molecule has 0 unspecified atom stereocenters. The standard InChI is InChI=1S/C20H20Cl2N4O2S/c21-18-3-1-4-19(20(18)22)29(27,28)25-13-11-24(12-14-25)15-16-5-7-17(8-6-16)26-10-2-9-23-26/h1-10H,11-15H2. The molecular weight excluding hydrogens is 431 g/mol. The van der Waals surface area contributed by atoms with Crippen molar-refractivity contribution in [2.75, 3.05) is 26.2 Å². The minimum atomic E-state index is -3.66. The van der Waals surface area contributed by atoms with Crippen LogP contribution in [0, 0.1) is 0 Å². The highest BCUT2D eigenvalue weighted by Gasteiger charge is 2.30. The van der Waals surface area contributed by atoms with Crippen molar-refractivity contribution >= 4 is 33.2 Å². The van der Waals surface area contributed by atoms with Crippen LogP contribution in [0.4, 0.5) is 0 Å². The predicted molar refractivity (Wildman–Crippen MR) is 114 cm³/mol. The molecule has 152 valence electrons. The summed E-state index contributed by atoms with van der Waals surface area (Å²) in [6.45, 7) is 2.90. The maximum absolute atomic E-state index is 12.9. The van der Waals surface area contributed by atoms with Crippen LogP contribution in [0.15, 0.2) is 65.8 Å². The molecule has 3 aromatic rings. The molecule has 0 atom stereocenters. The fraction of sp³-hybridized carbons (Fsp3) is 0.250. The third kappa shape index (κ3) is 4.34. The van der Waals surface area contributed by atoms with E-state index in [0.717, 1.165) is 12.2 Å². The van der Waals surface area contributed by atoms with Gasteiger partial charge in [-0.2, -0.15) is 9.40 Å². The maximum atomic E-state index is 12.9. The second-order valence-electron chi connectivity index (χ2n) is 6.85. The molecular formula is C20H20Cl2N4O2S. The predicted octanol–water partition coefficient (Wildman–Crippen LogP) is 3.69. The van der Waals surface area contributed by atoms with E-state index < -0.39 is 10.0 Å². The van der Waals surface area contributed by atoms with Gasteiger partial charge in [0.25, 0.3) is 0 Å². The zero-order chi connectivity index (χ0) is 20.4. The van der Waals surface area contributed by atoms with Gasteiger partial charge < -0.3 is 0 Å². The molecule has 29 heavy (non-hydrogen) atoms. The normalized spacial score (nSPS) is 16.2. The molecule has 0 aliphatic carbocycles. The van der Waals surface area contributed by atoms with E-state index in [2.05, 4.69) is 22.1 Å². The quantitative estimate of drug-likeness (QED) is 0.594. The molecule has 1 fully saturated rings. The number of aromatic nitrogens is 2. The van der Waals surface area contributed by atoms with Crippen LogP contribution in [0.1, 0.15) is 5.56 Å². The fourth-order valence-corrected chi connectivity index (χ4v) is 5.54. The Balaban J connectivity index is 1.39. The molecule has 2 heterocycles. The minimum Gasteiger partial charge on any atom is -0.296 e. The Morgan fingerprint density at radius 3 is 2.31 bits per heavy atom. The largest absolute Gasteiger partial charge is 0.296 e. The monoisotopic (exact) mass is 450 g/mol. The van der Waals surface area contributed by atoms with Gasteiger partial charge in [-0.25, -0.2) is 13.1 Å². The average molecular weight is 451 g/mol. The van der Waals surface area contributed by atoms with E-state index in [0.29, 0.717) is 26.2 Å². The van der Waals surface area contributed by atoms with Gasteiger partial charge in [0.1, 0.15) is 4.90 Å². The molecule has 9 heteroatoms. The molecule has 0 spiro atoms. The van der Waals surface area contributed by atoms with Gasteiger partial charge in [-0.15, -0.1) is 0 Å². The fourth-order valence-electron chi connectivity index (χ4n) is 3.38. The van der Waals surface area contributed by atoms with Crippen LogP contribution >= 0.6 is 23.2 Å². The molecule has 1 aliphatic heterocycles. The number of halogens is 2. The van der Waals surface area contributed by atoms with E-state index in [-0.39, 0.29) is 14.9 Å². The molecule has 6 nitrogen and oxygen atoms in total. The zero-order valence-electron chi connectivity index (χ0n) is 15.6. The van der Waals surface area contributed by atoms with Crippen molar-refractivity contribution in [1.82, 2.24) is 19.0 Å². The first-order valence-corrected chi connectivity index (χ1v) is 11.4. The number of nitrogens with zero attached hydrogens (tertiary/aromatic N) is 4. The van der Waals surface area contributed by atoms with Crippen molar-refractivity contribution in [3.8, 4) is 5.69 Å². The van der Waals surface area contributed by atoms with Crippen molar-refractivity contribution in [3.05, 3.63) is 76.5 Å². The molecule has 0 bridgehead atoms. The van der Waals surface area contributed by atoms with Crippen LogP contribution in [-0.2, 0) is 16.6 Å². The smallest absolute Gasteiger partial charge is 0.244 e. The summed E-state index contributed by atoms with van der Waals surface area (Å²) in [7, 11) is -3.66. The van der Waals surface area contributed by atoms with Crippen molar-refractivity contribution in [3.63, 3.8) is 0 Å². The summed E-state index contributed by atoms with van der Waals surface area (Å²) < 4.78 is 29.2. The van der Waals surface area contributed by atoms with Gasteiger partial charge in [0, 0.05) is 45.1 Å². The first-order valence-electron chi connectivity index (χ1n) is 9.20. The highest BCUT2D eigenvalue weighted by atomic mass is 35.5. The number of hydrogen-bond donors (Lipinski definition) is 0. The first-order chi connectivity index (χ1) is 13.9. The van der Waals surface area contributed by atoms with Crippen LogP contribution in [0.2, 0.25) is 10.0 Å². The summed E-state index contributed by atoms with van der Waals surface area (Å²) in [5.74, 6) is 0. The Morgan fingerprint density at radius 1 is 0.931 bits per heavy atom. The SMILES string of the molecule is O=S(=O)(c1cccc(Cl)c1Cl)N1CCN(Cc2ccc(-n3cccn3)cc2)CC1. The second kappa shape index (κ2) is 8.45. The molecule has 0 saturated carbocycles. The summed E-state index contributed by atoms with van der Waals surface area (Å²) in [4.78, 5) is 2.31. The van der Waals surface area contributed by atoms with E-state index in [1.807, 2.05) is 29.1 Å². The minimum absolute atomic E-state index is 0.0642. The Kier molecular flexibility index (Phi) is 5.94. The highest BCUT2D eigenvalue weighted by Crippen LogP contribution is 2.31. The lowest BCUT2D eigenvalue weighted by Crippen LogP contribution is -2.48. The van der Waals surface area contributed by atoms with Gasteiger partial charge in [0.15, 0.2) is 0 Å². The van der Waals surface area contributed by atoms with Crippen LogP contribution < -0.4 is 0 Å². The van der Waals surface area contributed by atoms with Crippen molar-refractivity contribution < 1.29 is 8.42 Å². The molecule has 4 rings (SSSR count). The van der Waals surface area contributed by atoms with Gasteiger partial charge in [-0.1, -0.05) is 41.4 Å². The number of hydrogen-bond acceptors (Lipinski definition) is 4. The lowest BCUT2D eigenvalue weighted by atomic mass is 10.2. The summed E-state index contributed by atoms with van der Waals surface area (Å²) in [5.41, 5.74) is 2.18. The Morgan fingerprint density at radius 2 is 1.66 bits per heavy atom. The molecule has 1 aliphatic rings. The summed E-state index contributed by atoms with van der Waals surface area (Å²) in [6.07, 6.45) is 3.65. The van der Waals surface area contributed by atoms with Crippen molar-refractivity contribution in [2.24, 2.45) is 0 Å². The van der Waals surface area contributed by atoms with E-state index in [9.17, 15) is 8.42 Å². The molecule has 1 saturated heterocycles. The van der Waals surface area contributed by atoms with Crippen LogP contribution in [0.5, 0.6) is 0 Å². The van der Waals surface area contributed by atoms with Gasteiger partial charge in [0.05, 0.1) is 15.7 Å². The molecule has 2 aromatic carbocycles. The third-order valence-corrected chi connectivity index (χ3v) is 7.85. The van der Waals surface area contributed by atoms with Crippen LogP contribution in [0.3, 0.4) is 0 Å². The Hall–Kier alpha value is -1.90. The molecule has 1 aromatic heterocycles. The zero-order valence-corrected chi connectivity index (χ0v) is 17.9. The number of benzene rings is 2. The first kappa shape index (κ1) is 20.4. The van der Waals surface area contributed by atoms with Gasteiger partial charge >= 0.3 is 0 Å². The molecule has 0 N–H and O–H groups in total. The number of piperazine rings is 1. The van der Waals surface area contributed by atoms with Crippen molar-refractivity contribution in [2.45, 2.75) is 11.4 Å². The lowest BCUT2D eigenvalue weighted by molar-refractivity contribution is 0.181. The Labute approximate surface area is 180 Å². The Bertz CT molecular complexity index is 1080. The lowest BCUT2D eigenvalue weighted by Gasteiger charge is -2.34. The molecule has 0 amide bonds. The van der Waals surface area contributed by atoms with Gasteiger partial charge in [-0.05, 0) is 35.9 Å². The number of sulfonamides is 1. The third-order valence-electron chi connectivity index (χ3n) is 4.98. The number of rotatable bonds is 5. The summed E-state index contributed by atoms with van der Waals surface area (Å²) in [5, 5.41) is 4.54. The average Bonchev–Trinajstić information content (AvgIpc) is 3.26. The van der Waals surface area contributed by atoms with Crippen LogP contribution in [0.25, 0.3) is 5.69 Å². The maximum Gasteiger partial charge on any atom is 0.244 e. The summed E-state index contributed by atoms with van der Waals surface area (Å²) in [6, 6.07) is 14.8. The van der Waals surface area contributed by atoms with Crippen LogP contribution in [-0.4, -0.2) is 53.6 Å². The van der Waals surface area contributed by atoms with E-state index >= 15 is 0 Å². The van der Waals surface area contributed by atoms with Gasteiger partial charge in [0.2, 0.25) is 10.0 Å². The van der Waals surface area contributed by atoms with E-state index in [4.69, 9.17) is 23.2 Å². The second-order valence-corrected chi connectivity index (χ2v) is 9.54. The van der Waals surface area contributed by atoms with E-state index in [1.54, 1.807) is 18.3 Å².